The summed E-state index contributed by atoms with van der Waals surface area (Å²) in [5.74, 6) is -0.0387. The normalized spacial score (nSPS) is 16.9. The monoisotopic (exact) mass is 364 g/mol. The number of piperidine rings is 1. The summed E-state index contributed by atoms with van der Waals surface area (Å²) < 4.78 is 1.72. The number of likely N-dealkylation sites (tertiary alicyclic amines) is 1. The fraction of sp³-hybridized carbons (Fsp3) is 0.263. The van der Waals surface area contributed by atoms with E-state index in [9.17, 15) is 9.59 Å². The van der Waals surface area contributed by atoms with Gasteiger partial charge in [-0.2, -0.15) is 0 Å². The molecule has 8 nitrogen and oxygen atoms in total. The van der Waals surface area contributed by atoms with Gasteiger partial charge in [-0.25, -0.2) is 4.79 Å². The molecule has 3 aromatic rings. The lowest BCUT2D eigenvalue weighted by atomic mass is 9.97. The van der Waals surface area contributed by atoms with Crippen LogP contribution in [-0.4, -0.2) is 44.5 Å². The Balaban J connectivity index is 1.40. The van der Waals surface area contributed by atoms with Crippen LogP contribution >= 0.6 is 0 Å². The van der Waals surface area contributed by atoms with E-state index in [1.807, 2.05) is 48.5 Å². The molecule has 1 aliphatic rings. The highest BCUT2D eigenvalue weighted by Crippen LogP contribution is 2.20. The van der Waals surface area contributed by atoms with E-state index >= 15 is 0 Å². The number of fused-ring (bicyclic) bond motifs is 1. The first-order chi connectivity index (χ1) is 13.2. The number of carbonyl (C=O) groups is 2. The minimum Gasteiger partial charge on any atom is -0.324 e. The lowest BCUT2D eigenvalue weighted by Crippen LogP contribution is -2.45. The number of hydrogen-bond donors (Lipinski definition) is 2. The maximum Gasteiger partial charge on any atom is 0.321 e. The van der Waals surface area contributed by atoms with Gasteiger partial charge in [-0.3, -0.25) is 14.5 Å². The topological polar surface area (TPSA) is 91.6 Å². The highest BCUT2D eigenvalue weighted by atomic mass is 16.2. The second kappa shape index (κ2) is 7.45. The summed E-state index contributed by atoms with van der Waals surface area (Å²) in [5, 5.41) is 13.8. The van der Waals surface area contributed by atoms with Crippen molar-refractivity contribution in [3.05, 3.63) is 54.7 Å². The van der Waals surface area contributed by atoms with Gasteiger partial charge in [0.1, 0.15) is 0 Å². The number of rotatable bonds is 3. The van der Waals surface area contributed by atoms with Crippen LogP contribution in [0.4, 0.5) is 16.4 Å². The van der Waals surface area contributed by atoms with E-state index in [1.54, 1.807) is 15.5 Å². The van der Waals surface area contributed by atoms with Crippen molar-refractivity contribution in [2.24, 2.45) is 5.92 Å². The number of carbonyl (C=O) groups excluding carboxylic acids is 2. The van der Waals surface area contributed by atoms with Gasteiger partial charge in [0.2, 0.25) is 11.9 Å². The van der Waals surface area contributed by atoms with Crippen LogP contribution in [-0.2, 0) is 4.79 Å². The smallest absolute Gasteiger partial charge is 0.321 e. The highest BCUT2D eigenvalue weighted by Gasteiger charge is 2.29. The van der Waals surface area contributed by atoms with Crippen LogP contribution in [0.2, 0.25) is 0 Å². The second-order valence-electron chi connectivity index (χ2n) is 6.52. The Kier molecular flexibility index (Phi) is 4.69. The predicted octanol–water partition coefficient (Wildman–Crippen LogP) is 2.61. The number of benzene rings is 1. The molecule has 0 bridgehead atoms. The zero-order chi connectivity index (χ0) is 18.6. The molecular weight excluding hydrogens is 344 g/mol. The van der Waals surface area contributed by atoms with Crippen molar-refractivity contribution in [1.82, 2.24) is 19.5 Å². The molecule has 2 aromatic heterocycles. The number of nitrogens with one attached hydrogen (secondary N) is 2. The SMILES string of the molecule is O=C(Nc1nnc2ccccn12)[C@H]1CCCN(C(=O)Nc2ccccc2)C1. The predicted molar refractivity (Wildman–Crippen MR) is 101 cm³/mol. The Hall–Kier alpha value is -3.42. The number of nitrogens with zero attached hydrogens (tertiary/aromatic N) is 4. The van der Waals surface area contributed by atoms with E-state index in [0.717, 1.165) is 18.5 Å². The van der Waals surface area contributed by atoms with Gasteiger partial charge in [0.05, 0.1) is 5.92 Å². The molecule has 1 aromatic carbocycles. The van der Waals surface area contributed by atoms with Crippen molar-refractivity contribution in [2.45, 2.75) is 12.8 Å². The first-order valence-electron chi connectivity index (χ1n) is 8.92. The number of anilines is 2. The lowest BCUT2D eigenvalue weighted by molar-refractivity contribution is -0.121. The molecule has 3 heterocycles. The van der Waals surface area contributed by atoms with Crippen molar-refractivity contribution in [2.75, 3.05) is 23.7 Å². The van der Waals surface area contributed by atoms with E-state index in [1.165, 1.54) is 0 Å². The van der Waals surface area contributed by atoms with E-state index in [4.69, 9.17) is 0 Å². The molecule has 2 N–H and O–H groups in total. The molecule has 3 amide bonds. The third-order valence-corrected chi connectivity index (χ3v) is 4.65. The molecule has 0 radical (unpaired) electrons. The number of hydrogen-bond acceptors (Lipinski definition) is 4. The molecule has 138 valence electrons. The number of pyridine rings is 1. The van der Waals surface area contributed by atoms with E-state index < -0.39 is 0 Å². The van der Waals surface area contributed by atoms with Crippen molar-refractivity contribution in [3.63, 3.8) is 0 Å². The lowest BCUT2D eigenvalue weighted by Gasteiger charge is -2.31. The quantitative estimate of drug-likeness (QED) is 0.747. The van der Waals surface area contributed by atoms with Crippen molar-refractivity contribution in [3.8, 4) is 0 Å². The average Bonchev–Trinajstić information content (AvgIpc) is 3.12. The molecule has 1 saturated heterocycles. The summed E-state index contributed by atoms with van der Waals surface area (Å²) in [4.78, 5) is 26.9. The third-order valence-electron chi connectivity index (χ3n) is 4.65. The summed E-state index contributed by atoms with van der Waals surface area (Å²) in [7, 11) is 0. The zero-order valence-electron chi connectivity index (χ0n) is 14.7. The first kappa shape index (κ1) is 17.0. The standard InChI is InChI=1S/C19H20N6O2/c26-17(21-18-23-22-16-10-4-5-12-25(16)18)14-7-6-11-24(13-14)19(27)20-15-8-2-1-3-9-15/h1-5,8-10,12,14H,6-7,11,13H2,(H,20,27)(H,21,23,26)/t14-/m0/s1. The average molecular weight is 364 g/mol. The number of para-hydroxylation sites is 1. The zero-order valence-corrected chi connectivity index (χ0v) is 14.7. The van der Waals surface area contributed by atoms with E-state index in [-0.39, 0.29) is 17.9 Å². The van der Waals surface area contributed by atoms with Gasteiger partial charge in [0.15, 0.2) is 5.65 Å². The maximum atomic E-state index is 12.7. The van der Waals surface area contributed by atoms with Crippen LogP contribution in [0.5, 0.6) is 0 Å². The first-order valence-corrected chi connectivity index (χ1v) is 8.92. The molecule has 0 saturated carbocycles. The van der Waals surface area contributed by atoms with Crippen LogP contribution in [0.25, 0.3) is 5.65 Å². The van der Waals surface area contributed by atoms with Gasteiger partial charge in [0, 0.05) is 25.0 Å². The number of amides is 3. The van der Waals surface area contributed by atoms with E-state index in [2.05, 4.69) is 20.8 Å². The van der Waals surface area contributed by atoms with Gasteiger partial charge in [0.25, 0.3) is 0 Å². The summed E-state index contributed by atoms with van der Waals surface area (Å²) in [6.45, 7) is 1.01. The van der Waals surface area contributed by atoms with Gasteiger partial charge >= 0.3 is 6.03 Å². The molecule has 8 heteroatoms. The molecule has 0 unspecified atom stereocenters. The van der Waals surface area contributed by atoms with Crippen LogP contribution in [0.15, 0.2) is 54.7 Å². The summed E-state index contributed by atoms with van der Waals surface area (Å²) >= 11 is 0. The molecule has 27 heavy (non-hydrogen) atoms. The molecule has 0 spiro atoms. The number of urea groups is 1. The highest BCUT2D eigenvalue weighted by molar-refractivity contribution is 5.93. The van der Waals surface area contributed by atoms with Gasteiger partial charge in [-0.05, 0) is 37.1 Å². The second-order valence-corrected chi connectivity index (χ2v) is 6.52. The van der Waals surface area contributed by atoms with Gasteiger partial charge < -0.3 is 10.2 Å². The Bertz CT molecular complexity index is 955. The molecule has 0 aliphatic carbocycles. The summed E-state index contributed by atoms with van der Waals surface area (Å²) in [6.07, 6.45) is 3.31. The summed E-state index contributed by atoms with van der Waals surface area (Å²) in [5.41, 5.74) is 1.41. The van der Waals surface area contributed by atoms with Crippen LogP contribution in [0.1, 0.15) is 12.8 Å². The Morgan fingerprint density at radius 2 is 1.81 bits per heavy atom. The Morgan fingerprint density at radius 1 is 1.00 bits per heavy atom. The Labute approximate surface area is 156 Å². The fourth-order valence-corrected chi connectivity index (χ4v) is 3.24. The minimum absolute atomic E-state index is 0.148. The van der Waals surface area contributed by atoms with Gasteiger partial charge in [-0.1, -0.05) is 24.3 Å². The molecule has 4 rings (SSSR count). The molecule has 1 fully saturated rings. The molecule has 1 atom stereocenters. The van der Waals surface area contributed by atoms with Crippen molar-refractivity contribution >= 4 is 29.2 Å². The number of aromatic nitrogens is 3. The van der Waals surface area contributed by atoms with Crippen molar-refractivity contribution in [1.29, 1.82) is 0 Å². The summed E-state index contributed by atoms with van der Waals surface area (Å²) in [6, 6.07) is 14.6. The third kappa shape index (κ3) is 3.74. The Morgan fingerprint density at radius 3 is 2.67 bits per heavy atom. The molecular formula is C19H20N6O2. The fourth-order valence-electron chi connectivity index (χ4n) is 3.24. The van der Waals surface area contributed by atoms with Crippen LogP contribution in [0.3, 0.4) is 0 Å². The van der Waals surface area contributed by atoms with Crippen LogP contribution < -0.4 is 10.6 Å². The maximum absolute atomic E-state index is 12.7. The minimum atomic E-state index is -0.281. The molecule has 1 aliphatic heterocycles. The van der Waals surface area contributed by atoms with E-state index in [0.29, 0.717) is 24.7 Å². The van der Waals surface area contributed by atoms with Crippen molar-refractivity contribution < 1.29 is 9.59 Å². The van der Waals surface area contributed by atoms with Gasteiger partial charge in [-0.15, -0.1) is 10.2 Å². The largest absolute Gasteiger partial charge is 0.324 e. The van der Waals surface area contributed by atoms with Crippen LogP contribution in [0, 0.1) is 5.92 Å².